The van der Waals surface area contributed by atoms with Crippen LogP contribution in [-0.4, -0.2) is 26.9 Å². The molecule has 1 unspecified atom stereocenters. The fourth-order valence-corrected chi connectivity index (χ4v) is 4.59. The predicted molar refractivity (Wildman–Crippen MR) is 148 cm³/mol. The van der Waals surface area contributed by atoms with Crippen molar-refractivity contribution in [1.82, 2.24) is 14.5 Å². The van der Waals surface area contributed by atoms with Gasteiger partial charge in [0.15, 0.2) is 0 Å². The van der Waals surface area contributed by atoms with Crippen LogP contribution in [0.25, 0.3) is 16.6 Å². The molecule has 4 aromatic rings. The summed E-state index contributed by atoms with van der Waals surface area (Å²) >= 11 is 12.3. The molecular weight excluding hydrogens is 493 g/mol. The highest BCUT2D eigenvalue weighted by molar-refractivity contribution is 6.42. The van der Waals surface area contributed by atoms with Crippen molar-refractivity contribution in [3.63, 3.8) is 0 Å². The van der Waals surface area contributed by atoms with E-state index in [9.17, 15) is 9.59 Å². The Morgan fingerprint density at radius 3 is 2.33 bits per heavy atom. The lowest BCUT2D eigenvalue weighted by molar-refractivity contribution is 0.0655. The molecule has 0 bridgehead atoms. The first-order chi connectivity index (χ1) is 17.1. The van der Waals surface area contributed by atoms with Crippen LogP contribution < -0.4 is 5.56 Å². The molecule has 0 saturated carbocycles. The predicted octanol–water partition coefficient (Wildman–Crippen LogP) is 7.17. The molecule has 0 fully saturated rings. The summed E-state index contributed by atoms with van der Waals surface area (Å²) in [6.45, 7) is 10.5. The number of hydrogen-bond acceptors (Lipinski definition) is 3. The molecular formula is C29H29Cl2N3O2. The number of rotatable bonds is 6. The van der Waals surface area contributed by atoms with Crippen LogP contribution in [0.2, 0.25) is 10.0 Å². The number of amides is 1. The molecule has 186 valence electrons. The number of halogens is 2. The van der Waals surface area contributed by atoms with E-state index < -0.39 is 6.04 Å². The van der Waals surface area contributed by atoms with Gasteiger partial charge in [0.1, 0.15) is 5.82 Å². The van der Waals surface area contributed by atoms with Crippen LogP contribution in [0.5, 0.6) is 0 Å². The molecule has 7 heteroatoms. The van der Waals surface area contributed by atoms with Crippen molar-refractivity contribution >= 4 is 40.0 Å². The number of aryl methyl sites for hydroxylation is 2. The number of fused-ring (bicyclic) bond motifs is 1. The lowest BCUT2D eigenvalue weighted by Crippen LogP contribution is -2.39. The zero-order chi connectivity index (χ0) is 26.1. The van der Waals surface area contributed by atoms with Gasteiger partial charge in [0.05, 0.1) is 32.7 Å². The first-order valence-electron chi connectivity index (χ1n) is 11.9. The third-order valence-electron chi connectivity index (χ3n) is 6.38. The number of aromatic nitrogens is 2. The zero-order valence-electron chi connectivity index (χ0n) is 21.0. The van der Waals surface area contributed by atoms with E-state index in [1.165, 1.54) is 0 Å². The zero-order valence-corrected chi connectivity index (χ0v) is 22.6. The van der Waals surface area contributed by atoms with Gasteiger partial charge in [-0.3, -0.25) is 14.2 Å². The number of hydrogen-bond donors (Lipinski definition) is 0. The average Bonchev–Trinajstić information content (AvgIpc) is 2.85. The largest absolute Gasteiger partial charge is 0.328 e. The van der Waals surface area contributed by atoms with Crippen LogP contribution in [0.3, 0.4) is 0 Å². The standard InChI is InChI=1S/C29H29Cl2N3O2/c1-17(2)16-33(28(35)21-11-13-24(30)25(31)15-21)20(5)27-32-26-9-7-6-8-23(26)29(36)34(27)22-12-10-18(3)19(4)14-22/h6-15,17,20H,16H2,1-5H3. The summed E-state index contributed by atoms with van der Waals surface area (Å²) in [5.41, 5.74) is 3.77. The van der Waals surface area contributed by atoms with Gasteiger partial charge in [-0.15, -0.1) is 0 Å². The Kier molecular flexibility index (Phi) is 7.53. The van der Waals surface area contributed by atoms with Gasteiger partial charge in [0.25, 0.3) is 11.5 Å². The molecule has 5 nitrogen and oxygen atoms in total. The van der Waals surface area contributed by atoms with Crippen LogP contribution in [0, 0.1) is 19.8 Å². The normalized spacial score (nSPS) is 12.2. The first kappa shape index (κ1) is 25.9. The molecule has 0 aliphatic heterocycles. The van der Waals surface area contributed by atoms with E-state index in [1.807, 2.05) is 71.0 Å². The summed E-state index contributed by atoms with van der Waals surface area (Å²) < 4.78 is 1.63. The van der Waals surface area contributed by atoms with E-state index in [4.69, 9.17) is 28.2 Å². The highest BCUT2D eigenvalue weighted by Gasteiger charge is 2.28. The Morgan fingerprint density at radius 1 is 0.944 bits per heavy atom. The van der Waals surface area contributed by atoms with Crippen molar-refractivity contribution in [1.29, 1.82) is 0 Å². The number of carbonyl (C=O) groups is 1. The second kappa shape index (κ2) is 10.5. The molecule has 0 saturated heterocycles. The van der Waals surface area contributed by atoms with Gasteiger partial charge in [-0.2, -0.15) is 0 Å². The van der Waals surface area contributed by atoms with Gasteiger partial charge in [0, 0.05) is 12.1 Å². The number of para-hydroxylation sites is 1. The monoisotopic (exact) mass is 521 g/mol. The Morgan fingerprint density at radius 2 is 1.67 bits per heavy atom. The van der Waals surface area contributed by atoms with E-state index in [0.717, 1.165) is 16.8 Å². The fourth-order valence-electron chi connectivity index (χ4n) is 4.29. The first-order valence-corrected chi connectivity index (χ1v) is 12.7. The topological polar surface area (TPSA) is 55.2 Å². The van der Waals surface area contributed by atoms with Crippen LogP contribution in [0.1, 0.15) is 54.1 Å². The van der Waals surface area contributed by atoms with E-state index in [-0.39, 0.29) is 17.4 Å². The molecule has 36 heavy (non-hydrogen) atoms. The van der Waals surface area contributed by atoms with Crippen molar-refractivity contribution in [3.8, 4) is 5.69 Å². The molecule has 1 atom stereocenters. The van der Waals surface area contributed by atoms with Gasteiger partial charge in [-0.05, 0) is 80.3 Å². The molecule has 1 amide bonds. The smallest absolute Gasteiger partial charge is 0.266 e. The summed E-state index contributed by atoms with van der Waals surface area (Å²) in [4.78, 5) is 34.2. The molecule has 3 aromatic carbocycles. The van der Waals surface area contributed by atoms with E-state index >= 15 is 0 Å². The van der Waals surface area contributed by atoms with Gasteiger partial charge < -0.3 is 4.90 Å². The summed E-state index contributed by atoms with van der Waals surface area (Å²) in [7, 11) is 0. The third kappa shape index (κ3) is 5.04. The maximum atomic E-state index is 13.8. The van der Waals surface area contributed by atoms with Crippen LogP contribution in [0.15, 0.2) is 65.5 Å². The van der Waals surface area contributed by atoms with Gasteiger partial charge >= 0.3 is 0 Å². The number of benzene rings is 3. The molecule has 0 aliphatic rings. The Labute approximate surface area is 221 Å². The SMILES string of the molecule is Cc1ccc(-n2c(C(C)N(CC(C)C)C(=O)c3ccc(Cl)c(Cl)c3)nc3ccccc3c2=O)cc1C. The third-order valence-corrected chi connectivity index (χ3v) is 7.12. The second-order valence-electron chi connectivity index (χ2n) is 9.55. The lowest BCUT2D eigenvalue weighted by Gasteiger charge is -2.32. The quantitative estimate of drug-likeness (QED) is 0.270. The molecule has 0 spiro atoms. The van der Waals surface area contributed by atoms with Crippen LogP contribution in [-0.2, 0) is 0 Å². The minimum absolute atomic E-state index is 0.169. The van der Waals surface area contributed by atoms with Crippen molar-refractivity contribution in [2.24, 2.45) is 5.92 Å². The van der Waals surface area contributed by atoms with Crippen LogP contribution >= 0.6 is 23.2 Å². The maximum Gasteiger partial charge on any atom is 0.266 e. The molecule has 1 aromatic heterocycles. The summed E-state index contributed by atoms with van der Waals surface area (Å²) in [5.74, 6) is 0.473. The second-order valence-corrected chi connectivity index (χ2v) is 10.4. The minimum atomic E-state index is -0.506. The Hall–Kier alpha value is -3.15. The van der Waals surface area contributed by atoms with Crippen molar-refractivity contribution < 1.29 is 4.79 Å². The summed E-state index contributed by atoms with van der Waals surface area (Å²) in [5, 5.41) is 1.23. The Bertz CT molecular complexity index is 1510. The lowest BCUT2D eigenvalue weighted by atomic mass is 10.1. The van der Waals surface area contributed by atoms with Gasteiger partial charge in [0.2, 0.25) is 0 Å². The maximum absolute atomic E-state index is 13.8. The molecule has 0 aliphatic carbocycles. The van der Waals surface area contributed by atoms with Gasteiger partial charge in [-0.25, -0.2) is 4.98 Å². The summed E-state index contributed by atoms with van der Waals surface area (Å²) in [6, 6.07) is 17.6. The minimum Gasteiger partial charge on any atom is -0.328 e. The van der Waals surface area contributed by atoms with Gasteiger partial charge in [-0.1, -0.05) is 55.2 Å². The highest BCUT2D eigenvalue weighted by atomic mass is 35.5. The van der Waals surface area contributed by atoms with Crippen LogP contribution in [0.4, 0.5) is 0 Å². The Balaban J connectivity index is 1.93. The summed E-state index contributed by atoms with van der Waals surface area (Å²) in [6.07, 6.45) is 0. The van der Waals surface area contributed by atoms with Crippen molar-refractivity contribution in [3.05, 3.63) is 104 Å². The van der Waals surface area contributed by atoms with Crippen molar-refractivity contribution in [2.75, 3.05) is 6.54 Å². The van der Waals surface area contributed by atoms with E-state index in [2.05, 4.69) is 0 Å². The number of nitrogens with zero attached hydrogens (tertiary/aromatic N) is 3. The van der Waals surface area contributed by atoms with Crippen molar-refractivity contribution in [2.45, 2.75) is 40.7 Å². The highest BCUT2D eigenvalue weighted by Crippen LogP contribution is 2.28. The molecule has 1 heterocycles. The number of carbonyl (C=O) groups excluding carboxylic acids is 1. The van der Waals surface area contributed by atoms with E-state index in [1.54, 1.807) is 33.7 Å². The molecule has 0 N–H and O–H groups in total. The fraction of sp³-hybridized carbons (Fsp3) is 0.276. The average molecular weight is 522 g/mol. The molecule has 4 rings (SSSR count). The van der Waals surface area contributed by atoms with E-state index in [0.29, 0.717) is 38.9 Å². The molecule has 0 radical (unpaired) electrons.